The third-order valence-corrected chi connectivity index (χ3v) is 1.93. The summed E-state index contributed by atoms with van der Waals surface area (Å²) in [5.74, 6) is 0.100. The van der Waals surface area contributed by atoms with Gasteiger partial charge in [0.25, 0.3) is 0 Å². The SMILES string of the molecule is O=Cc1cc(-c2ccco2)ccc1F. The van der Waals surface area contributed by atoms with Crippen LogP contribution in [0, 0.1) is 5.82 Å². The molecule has 0 aliphatic carbocycles. The first-order chi connectivity index (χ1) is 6.81. The predicted molar refractivity (Wildman–Crippen MR) is 49.5 cm³/mol. The Hall–Kier alpha value is -1.90. The molecule has 1 aromatic heterocycles. The third-order valence-electron chi connectivity index (χ3n) is 1.93. The summed E-state index contributed by atoms with van der Waals surface area (Å²) in [6.07, 6.45) is 2.01. The molecule has 70 valence electrons. The number of benzene rings is 1. The molecule has 0 atom stereocenters. The molecular formula is C11H7FO2. The van der Waals surface area contributed by atoms with Crippen molar-refractivity contribution in [3.63, 3.8) is 0 Å². The van der Waals surface area contributed by atoms with Gasteiger partial charge >= 0.3 is 0 Å². The molecule has 0 aliphatic rings. The number of halogens is 1. The fourth-order valence-electron chi connectivity index (χ4n) is 1.23. The number of hydrogen-bond donors (Lipinski definition) is 0. The van der Waals surface area contributed by atoms with Gasteiger partial charge in [-0.25, -0.2) is 4.39 Å². The largest absolute Gasteiger partial charge is 0.464 e. The summed E-state index contributed by atoms with van der Waals surface area (Å²) in [7, 11) is 0. The van der Waals surface area contributed by atoms with E-state index in [1.54, 1.807) is 18.2 Å². The second-order valence-electron chi connectivity index (χ2n) is 2.83. The van der Waals surface area contributed by atoms with Gasteiger partial charge in [0.05, 0.1) is 11.8 Å². The molecule has 0 aliphatic heterocycles. The molecule has 0 amide bonds. The second kappa shape index (κ2) is 3.46. The van der Waals surface area contributed by atoms with Crippen molar-refractivity contribution in [1.82, 2.24) is 0 Å². The van der Waals surface area contributed by atoms with E-state index in [0.717, 1.165) is 0 Å². The molecule has 2 rings (SSSR count). The first-order valence-electron chi connectivity index (χ1n) is 4.10. The first kappa shape index (κ1) is 8.69. The molecular weight excluding hydrogens is 183 g/mol. The predicted octanol–water partition coefficient (Wildman–Crippen LogP) is 2.90. The molecule has 3 heteroatoms. The molecule has 1 heterocycles. The van der Waals surface area contributed by atoms with E-state index >= 15 is 0 Å². The number of rotatable bonds is 2. The van der Waals surface area contributed by atoms with E-state index < -0.39 is 5.82 Å². The molecule has 2 aromatic rings. The zero-order valence-corrected chi connectivity index (χ0v) is 7.24. The van der Waals surface area contributed by atoms with Crippen LogP contribution in [-0.2, 0) is 0 Å². The Labute approximate surface area is 80.0 Å². The smallest absolute Gasteiger partial charge is 0.153 e. The van der Waals surface area contributed by atoms with Crippen molar-refractivity contribution in [2.75, 3.05) is 0 Å². The number of furan rings is 1. The summed E-state index contributed by atoms with van der Waals surface area (Å²) in [6, 6.07) is 7.77. The van der Waals surface area contributed by atoms with Gasteiger partial charge < -0.3 is 4.42 Å². The number of aldehydes is 1. The summed E-state index contributed by atoms with van der Waals surface area (Å²) in [4.78, 5) is 10.5. The Morgan fingerprint density at radius 3 is 2.79 bits per heavy atom. The van der Waals surface area contributed by atoms with Gasteiger partial charge in [0.2, 0.25) is 0 Å². The molecule has 0 N–H and O–H groups in total. The van der Waals surface area contributed by atoms with Gasteiger partial charge in [-0.1, -0.05) is 0 Å². The number of hydrogen-bond acceptors (Lipinski definition) is 2. The highest BCUT2D eigenvalue weighted by Crippen LogP contribution is 2.21. The van der Waals surface area contributed by atoms with Gasteiger partial charge in [-0.15, -0.1) is 0 Å². The topological polar surface area (TPSA) is 30.2 Å². The molecule has 0 spiro atoms. The van der Waals surface area contributed by atoms with Crippen LogP contribution < -0.4 is 0 Å². The minimum Gasteiger partial charge on any atom is -0.464 e. The van der Waals surface area contributed by atoms with E-state index in [4.69, 9.17) is 4.42 Å². The van der Waals surface area contributed by atoms with Crippen molar-refractivity contribution in [1.29, 1.82) is 0 Å². The Balaban J connectivity index is 2.51. The van der Waals surface area contributed by atoms with Crippen molar-refractivity contribution in [2.45, 2.75) is 0 Å². The summed E-state index contributed by atoms with van der Waals surface area (Å²) < 4.78 is 18.1. The lowest BCUT2D eigenvalue weighted by Crippen LogP contribution is -1.87. The average Bonchev–Trinajstić information content (AvgIpc) is 2.71. The van der Waals surface area contributed by atoms with Gasteiger partial charge in [-0.05, 0) is 30.3 Å². The van der Waals surface area contributed by atoms with E-state index in [0.29, 0.717) is 17.6 Å². The summed E-state index contributed by atoms with van der Waals surface area (Å²) in [5.41, 5.74) is 0.734. The van der Waals surface area contributed by atoms with Gasteiger partial charge in [0, 0.05) is 5.56 Å². The van der Waals surface area contributed by atoms with Crippen LogP contribution >= 0.6 is 0 Å². The van der Waals surface area contributed by atoms with E-state index in [-0.39, 0.29) is 5.56 Å². The molecule has 0 fully saturated rings. The van der Waals surface area contributed by atoms with E-state index in [2.05, 4.69) is 0 Å². The van der Waals surface area contributed by atoms with Gasteiger partial charge in [0.15, 0.2) is 6.29 Å². The van der Waals surface area contributed by atoms with E-state index in [1.165, 1.54) is 18.4 Å². The fourth-order valence-corrected chi connectivity index (χ4v) is 1.23. The van der Waals surface area contributed by atoms with Gasteiger partial charge in [-0.2, -0.15) is 0 Å². The highest BCUT2D eigenvalue weighted by molar-refractivity contribution is 5.78. The summed E-state index contributed by atoms with van der Waals surface area (Å²) >= 11 is 0. The van der Waals surface area contributed by atoms with Crippen molar-refractivity contribution in [3.8, 4) is 11.3 Å². The van der Waals surface area contributed by atoms with E-state index in [9.17, 15) is 9.18 Å². The van der Waals surface area contributed by atoms with Crippen LogP contribution in [-0.4, -0.2) is 6.29 Å². The Morgan fingerprint density at radius 2 is 2.14 bits per heavy atom. The zero-order valence-electron chi connectivity index (χ0n) is 7.24. The highest BCUT2D eigenvalue weighted by Gasteiger charge is 2.05. The van der Waals surface area contributed by atoms with Crippen LogP contribution in [0.3, 0.4) is 0 Å². The van der Waals surface area contributed by atoms with Crippen LogP contribution in [0.5, 0.6) is 0 Å². The van der Waals surface area contributed by atoms with Crippen molar-refractivity contribution in [3.05, 3.63) is 48.0 Å². The highest BCUT2D eigenvalue weighted by atomic mass is 19.1. The maximum atomic E-state index is 12.9. The minimum atomic E-state index is -0.518. The standard InChI is InChI=1S/C11H7FO2/c12-10-4-3-8(6-9(10)7-13)11-2-1-5-14-11/h1-7H. The van der Waals surface area contributed by atoms with Crippen LogP contribution in [0.1, 0.15) is 10.4 Å². The van der Waals surface area contributed by atoms with Crippen LogP contribution in [0.25, 0.3) is 11.3 Å². The van der Waals surface area contributed by atoms with Crippen molar-refractivity contribution in [2.24, 2.45) is 0 Å². The van der Waals surface area contributed by atoms with Crippen LogP contribution in [0.4, 0.5) is 4.39 Å². The van der Waals surface area contributed by atoms with Gasteiger partial charge in [0.1, 0.15) is 11.6 Å². The van der Waals surface area contributed by atoms with E-state index in [1.807, 2.05) is 0 Å². The lowest BCUT2D eigenvalue weighted by Gasteiger charge is -1.98. The molecule has 0 saturated carbocycles. The average molecular weight is 190 g/mol. The molecule has 2 nitrogen and oxygen atoms in total. The van der Waals surface area contributed by atoms with Crippen molar-refractivity contribution < 1.29 is 13.6 Å². The van der Waals surface area contributed by atoms with Crippen LogP contribution in [0.2, 0.25) is 0 Å². The second-order valence-corrected chi connectivity index (χ2v) is 2.83. The lowest BCUT2D eigenvalue weighted by molar-refractivity contribution is 0.112. The summed E-state index contributed by atoms with van der Waals surface area (Å²) in [5, 5.41) is 0. The Kier molecular flexibility index (Phi) is 2.14. The maximum absolute atomic E-state index is 12.9. The third kappa shape index (κ3) is 1.44. The molecule has 0 bridgehead atoms. The Morgan fingerprint density at radius 1 is 1.29 bits per heavy atom. The molecule has 0 saturated heterocycles. The number of carbonyl (C=O) groups excluding carboxylic acids is 1. The lowest BCUT2D eigenvalue weighted by atomic mass is 10.1. The molecule has 0 unspecified atom stereocenters. The quantitative estimate of drug-likeness (QED) is 0.681. The normalized spacial score (nSPS) is 10.1. The molecule has 14 heavy (non-hydrogen) atoms. The summed E-state index contributed by atoms with van der Waals surface area (Å²) in [6.45, 7) is 0. The van der Waals surface area contributed by atoms with Crippen molar-refractivity contribution >= 4 is 6.29 Å². The van der Waals surface area contributed by atoms with Crippen LogP contribution in [0.15, 0.2) is 41.0 Å². The maximum Gasteiger partial charge on any atom is 0.153 e. The fraction of sp³-hybridized carbons (Fsp3) is 0. The minimum absolute atomic E-state index is 0.0406. The molecule has 1 aromatic carbocycles. The zero-order chi connectivity index (χ0) is 9.97. The van der Waals surface area contributed by atoms with Gasteiger partial charge in [-0.3, -0.25) is 4.79 Å². The Bertz CT molecular complexity index is 446. The number of carbonyl (C=O) groups is 1. The first-order valence-corrected chi connectivity index (χ1v) is 4.10. The molecule has 0 radical (unpaired) electrons. The monoisotopic (exact) mass is 190 g/mol.